The van der Waals surface area contributed by atoms with E-state index in [2.05, 4.69) is 20.1 Å². The van der Waals surface area contributed by atoms with Gasteiger partial charge in [-0.25, -0.2) is 13.1 Å². The predicted octanol–water partition coefficient (Wildman–Crippen LogP) is 0.896. The number of nitrogens with one attached hydrogen (secondary N) is 3. The summed E-state index contributed by atoms with van der Waals surface area (Å²) in [6, 6.07) is 3.62. The second-order valence-corrected chi connectivity index (χ2v) is 7.06. The van der Waals surface area contributed by atoms with Crippen LogP contribution in [-0.4, -0.2) is 46.2 Å². The first kappa shape index (κ1) is 22.7. The number of rotatable bonds is 10. The highest BCUT2D eigenvalue weighted by molar-refractivity contribution is 7.89. The molecule has 2 amide bonds. The molecule has 0 saturated heterocycles. The van der Waals surface area contributed by atoms with Crippen LogP contribution in [0.4, 0.5) is 13.2 Å². The molecule has 3 N–H and O–H groups in total. The third-order valence-electron chi connectivity index (χ3n) is 3.03. The van der Waals surface area contributed by atoms with E-state index in [1.165, 1.54) is 0 Å². The Balaban J connectivity index is 2.44. The molecule has 0 aromatic heterocycles. The molecule has 8 nitrogen and oxygen atoms in total. The van der Waals surface area contributed by atoms with E-state index >= 15 is 0 Å². The zero-order valence-corrected chi connectivity index (χ0v) is 15.2. The molecule has 1 aromatic carbocycles. The normalized spacial score (nSPS) is 11.7. The number of halogens is 3. The lowest BCUT2D eigenvalue weighted by atomic mass is 10.3. The number of carbonyl (C=O) groups excluding carboxylic acids is 2. The first-order valence-electron chi connectivity index (χ1n) is 7.92. The average Bonchev–Trinajstić information content (AvgIpc) is 2.57. The van der Waals surface area contributed by atoms with Gasteiger partial charge in [-0.05, 0) is 30.7 Å². The molecule has 1 rings (SSSR count). The predicted molar refractivity (Wildman–Crippen MR) is 89.2 cm³/mol. The van der Waals surface area contributed by atoms with Crippen LogP contribution in [0.15, 0.2) is 29.2 Å². The Labute approximate surface area is 154 Å². The molecule has 152 valence electrons. The van der Waals surface area contributed by atoms with Crippen molar-refractivity contribution in [1.82, 2.24) is 15.4 Å². The minimum absolute atomic E-state index is 0.213. The molecule has 0 fully saturated rings. The van der Waals surface area contributed by atoms with Gasteiger partial charge in [0.1, 0.15) is 5.75 Å². The standard InChI is InChI=1S/C15H20F3N3O5S/c1-2-8-19-14(23)10-20-13(22)7-9-21-27(24,25)12-5-3-11(4-6-12)26-15(16,17)18/h3-6,21H,2,7-10H2,1H3,(H,19,23)(H,20,22). The van der Waals surface area contributed by atoms with E-state index in [4.69, 9.17) is 0 Å². The van der Waals surface area contributed by atoms with Crippen LogP contribution in [0, 0.1) is 0 Å². The van der Waals surface area contributed by atoms with Gasteiger partial charge in [0, 0.05) is 19.5 Å². The first-order valence-corrected chi connectivity index (χ1v) is 9.40. The van der Waals surface area contributed by atoms with Gasteiger partial charge in [-0.15, -0.1) is 13.2 Å². The Morgan fingerprint density at radius 1 is 1.04 bits per heavy atom. The number of amides is 2. The summed E-state index contributed by atoms with van der Waals surface area (Å²) in [6.07, 6.45) is -4.33. The summed E-state index contributed by atoms with van der Waals surface area (Å²) >= 11 is 0. The fourth-order valence-corrected chi connectivity index (χ4v) is 2.83. The summed E-state index contributed by atoms with van der Waals surface area (Å²) in [7, 11) is -4.01. The lowest BCUT2D eigenvalue weighted by Crippen LogP contribution is -2.38. The van der Waals surface area contributed by atoms with Gasteiger partial charge in [0.2, 0.25) is 21.8 Å². The van der Waals surface area contributed by atoms with Gasteiger partial charge in [0.15, 0.2) is 0 Å². The van der Waals surface area contributed by atoms with E-state index in [0.717, 1.165) is 30.7 Å². The third-order valence-corrected chi connectivity index (χ3v) is 4.51. The van der Waals surface area contributed by atoms with E-state index in [1.807, 2.05) is 6.92 Å². The van der Waals surface area contributed by atoms with Crippen LogP contribution in [0.3, 0.4) is 0 Å². The highest BCUT2D eigenvalue weighted by Gasteiger charge is 2.31. The first-order chi connectivity index (χ1) is 12.5. The van der Waals surface area contributed by atoms with Crippen molar-refractivity contribution in [1.29, 1.82) is 0 Å². The number of carbonyl (C=O) groups is 2. The molecular weight excluding hydrogens is 391 g/mol. The summed E-state index contributed by atoms with van der Waals surface area (Å²) in [5.74, 6) is -1.44. The largest absolute Gasteiger partial charge is 0.573 e. The number of hydrogen-bond acceptors (Lipinski definition) is 5. The SMILES string of the molecule is CCCNC(=O)CNC(=O)CCNS(=O)(=O)c1ccc(OC(F)(F)F)cc1. The summed E-state index contributed by atoms with van der Waals surface area (Å²) in [4.78, 5) is 22.6. The minimum atomic E-state index is -4.88. The Hall–Kier alpha value is -2.34. The van der Waals surface area contributed by atoms with Gasteiger partial charge in [0.05, 0.1) is 11.4 Å². The molecule has 0 aliphatic heterocycles. The molecule has 0 bridgehead atoms. The van der Waals surface area contributed by atoms with E-state index in [0.29, 0.717) is 6.54 Å². The molecule has 12 heteroatoms. The summed E-state index contributed by atoms with van der Waals surface area (Å²) in [5, 5.41) is 4.90. The van der Waals surface area contributed by atoms with Crippen molar-refractivity contribution in [3.8, 4) is 5.75 Å². The highest BCUT2D eigenvalue weighted by atomic mass is 32.2. The third kappa shape index (κ3) is 9.24. The summed E-state index contributed by atoms with van der Waals surface area (Å²) < 4.78 is 66.1. The van der Waals surface area contributed by atoms with E-state index in [-0.39, 0.29) is 30.3 Å². The van der Waals surface area contributed by atoms with Crippen molar-refractivity contribution in [2.45, 2.75) is 31.0 Å². The van der Waals surface area contributed by atoms with Gasteiger partial charge in [0.25, 0.3) is 0 Å². The van der Waals surface area contributed by atoms with Crippen molar-refractivity contribution in [3.05, 3.63) is 24.3 Å². The zero-order valence-electron chi connectivity index (χ0n) is 14.4. The van der Waals surface area contributed by atoms with Crippen LogP contribution in [0.5, 0.6) is 5.75 Å². The quantitative estimate of drug-likeness (QED) is 0.529. The fourth-order valence-electron chi connectivity index (χ4n) is 1.80. The number of alkyl halides is 3. The van der Waals surface area contributed by atoms with Gasteiger partial charge in [-0.1, -0.05) is 6.92 Å². The van der Waals surface area contributed by atoms with Crippen LogP contribution in [0.25, 0.3) is 0 Å². The Bertz CT molecular complexity index is 736. The Morgan fingerprint density at radius 2 is 1.67 bits per heavy atom. The second-order valence-electron chi connectivity index (χ2n) is 5.29. The molecule has 0 heterocycles. The van der Waals surface area contributed by atoms with Gasteiger partial charge in [-0.2, -0.15) is 0 Å². The lowest BCUT2D eigenvalue weighted by Gasteiger charge is -2.10. The topological polar surface area (TPSA) is 114 Å². The minimum Gasteiger partial charge on any atom is -0.406 e. The molecule has 0 atom stereocenters. The molecule has 0 unspecified atom stereocenters. The van der Waals surface area contributed by atoms with Crippen molar-refractivity contribution in [3.63, 3.8) is 0 Å². The molecule has 27 heavy (non-hydrogen) atoms. The Kier molecular flexibility index (Phi) is 8.50. The molecule has 0 radical (unpaired) electrons. The van der Waals surface area contributed by atoms with Crippen LogP contribution in [0.1, 0.15) is 19.8 Å². The molecule has 0 aliphatic rings. The van der Waals surface area contributed by atoms with Crippen LogP contribution < -0.4 is 20.1 Å². The van der Waals surface area contributed by atoms with Crippen molar-refractivity contribution in [2.24, 2.45) is 0 Å². The average molecular weight is 411 g/mol. The second kappa shape index (κ2) is 10.1. The monoisotopic (exact) mass is 411 g/mol. The van der Waals surface area contributed by atoms with Crippen LogP contribution >= 0.6 is 0 Å². The fraction of sp³-hybridized carbons (Fsp3) is 0.467. The van der Waals surface area contributed by atoms with Gasteiger partial charge < -0.3 is 15.4 Å². The van der Waals surface area contributed by atoms with E-state index < -0.39 is 28.0 Å². The van der Waals surface area contributed by atoms with Crippen molar-refractivity contribution >= 4 is 21.8 Å². The Morgan fingerprint density at radius 3 is 2.22 bits per heavy atom. The molecule has 0 aliphatic carbocycles. The highest BCUT2D eigenvalue weighted by Crippen LogP contribution is 2.23. The maximum atomic E-state index is 12.1. The number of ether oxygens (including phenoxy) is 1. The van der Waals surface area contributed by atoms with Crippen LogP contribution in [-0.2, 0) is 19.6 Å². The molecule has 0 saturated carbocycles. The van der Waals surface area contributed by atoms with Gasteiger partial charge in [-0.3, -0.25) is 9.59 Å². The van der Waals surface area contributed by atoms with E-state index in [9.17, 15) is 31.2 Å². The van der Waals surface area contributed by atoms with Crippen LogP contribution in [0.2, 0.25) is 0 Å². The van der Waals surface area contributed by atoms with Crippen molar-refractivity contribution in [2.75, 3.05) is 19.6 Å². The molecule has 0 spiro atoms. The zero-order chi connectivity index (χ0) is 20.5. The maximum absolute atomic E-state index is 12.1. The summed E-state index contributed by atoms with van der Waals surface area (Å²) in [6.45, 7) is 1.90. The smallest absolute Gasteiger partial charge is 0.406 e. The molecule has 1 aromatic rings. The number of sulfonamides is 1. The number of benzene rings is 1. The molecular formula is C15H20F3N3O5S. The summed E-state index contributed by atoms with van der Waals surface area (Å²) in [5.41, 5.74) is 0. The van der Waals surface area contributed by atoms with Gasteiger partial charge >= 0.3 is 6.36 Å². The van der Waals surface area contributed by atoms with Crippen molar-refractivity contribution < 1.29 is 35.9 Å². The van der Waals surface area contributed by atoms with E-state index in [1.54, 1.807) is 0 Å². The maximum Gasteiger partial charge on any atom is 0.573 e. The number of hydrogen-bond donors (Lipinski definition) is 3. The lowest BCUT2D eigenvalue weighted by molar-refractivity contribution is -0.274.